The van der Waals surface area contributed by atoms with Gasteiger partial charge in [0.2, 0.25) is 0 Å². The maximum absolute atomic E-state index is 5.94. The number of nitrogens with two attached hydrogens (primary N) is 1. The van der Waals surface area contributed by atoms with Gasteiger partial charge in [-0.1, -0.05) is 15.9 Å². The van der Waals surface area contributed by atoms with Crippen molar-refractivity contribution in [3.63, 3.8) is 0 Å². The molecule has 2 aromatic rings. The van der Waals surface area contributed by atoms with Gasteiger partial charge in [0.15, 0.2) is 6.10 Å². The van der Waals surface area contributed by atoms with E-state index in [1.807, 2.05) is 45.0 Å². The van der Waals surface area contributed by atoms with Gasteiger partial charge in [-0.2, -0.15) is 0 Å². The van der Waals surface area contributed by atoms with Crippen LogP contribution in [0.25, 0.3) is 0 Å². The van der Waals surface area contributed by atoms with E-state index < -0.39 is 0 Å². The molecule has 1 heterocycles. The first-order valence-corrected chi connectivity index (χ1v) is 7.00. The normalized spacial score (nSPS) is 12.5. The van der Waals surface area contributed by atoms with Crippen molar-refractivity contribution in [3.8, 4) is 5.75 Å². The molecule has 102 valence electrons. The van der Waals surface area contributed by atoms with E-state index in [1.54, 1.807) is 0 Å². The molecule has 0 aliphatic rings. The standard InChI is InChI=1S/C15H18BrNO2/c1-9-6-12(7-10(2)15(9)16)19-14(8-17)13-5-4-11(3)18-13/h4-7,14H,8,17H2,1-3H3. The topological polar surface area (TPSA) is 48.4 Å². The summed E-state index contributed by atoms with van der Waals surface area (Å²) in [6.45, 7) is 6.36. The molecule has 0 saturated heterocycles. The predicted octanol–water partition coefficient (Wildman–Crippen LogP) is 4.05. The Hall–Kier alpha value is -1.26. The molecule has 4 heteroatoms. The van der Waals surface area contributed by atoms with Gasteiger partial charge in [0.25, 0.3) is 0 Å². The molecular formula is C15H18BrNO2. The summed E-state index contributed by atoms with van der Waals surface area (Å²) in [5.41, 5.74) is 8.05. The molecule has 0 aliphatic carbocycles. The van der Waals surface area contributed by atoms with E-state index in [1.165, 1.54) is 0 Å². The molecule has 2 N–H and O–H groups in total. The molecule has 1 aromatic heterocycles. The van der Waals surface area contributed by atoms with Crippen molar-refractivity contribution >= 4 is 15.9 Å². The number of aryl methyl sites for hydroxylation is 3. The Bertz CT molecular complexity index is 554. The van der Waals surface area contributed by atoms with E-state index in [4.69, 9.17) is 14.9 Å². The summed E-state index contributed by atoms with van der Waals surface area (Å²) in [5.74, 6) is 2.43. The lowest BCUT2D eigenvalue weighted by Crippen LogP contribution is -2.18. The number of hydrogen-bond donors (Lipinski definition) is 1. The SMILES string of the molecule is Cc1ccc(C(CN)Oc2cc(C)c(Br)c(C)c2)o1. The van der Waals surface area contributed by atoms with Crippen molar-refractivity contribution in [2.45, 2.75) is 26.9 Å². The second-order valence-electron chi connectivity index (χ2n) is 4.66. The first-order chi connectivity index (χ1) is 9.01. The molecule has 1 unspecified atom stereocenters. The summed E-state index contributed by atoms with van der Waals surface area (Å²) in [6, 6.07) is 7.82. The van der Waals surface area contributed by atoms with Crippen molar-refractivity contribution in [2.24, 2.45) is 5.73 Å². The molecule has 1 aromatic carbocycles. The van der Waals surface area contributed by atoms with Crippen LogP contribution in [0.1, 0.15) is 28.8 Å². The highest BCUT2D eigenvalue weighted by Crippen LogP contribution is 2.29. The lowest BCUT2D eigenvalue weighted by Gasteiger charge is -2.17. The average molecular weight is 324 g/mol. The van der Waals surface area contributed by atoms with Crippen LogP contribution >= 0.6 is 15.9 Å². The monoisotopic (exact) mass is 323 g/mol. The van der Waals surface area contributed by atoms with Crippen LogP contribution in [0.2, 0.25) is 0 Å². The van der Waals surface area contributed by atoms with E-state index in [0.717, 1.165) is 32.9 Å². The maximum atomic E-state index is 5.94. The van der Waals surface area contributed by atoms with Crippen LogP contribution in [0.15, 0.2) is 33.2 Å². The Labute approximate surface area is 121 Å². The van der Waals surface area contributed by atoms with Gasteiger partial charge < -0.3 is 14.9 Å². The molecule has 0 radical (unpaired) electrons. The Morgan fingerprint density at radius 2 is 1.84 bits per heavy atom. The maximum Gasteiger partial charge on any atom is 0.168 e. The van der Waals surface area contributed by atoms with Gasteiger partial charge in [-0.3, -0.25) is 0 Å². The molecule has 2 rings (SSSR count). The van der Waals surface area contributed by atoms with Gasteiger partial charge in [0, 0.05) is 11.0 Å². The number of hydrogen-bond acceptors (Lipinski definition) is 3. The van der Waals surface area contributed by atoms with Crippen molar-refractivity contribution in [3.05, 3.63) is 51.4 Å². The van der Waals surface area contributed by atoms with Crippen molar-refractivity contribution < 1.29 is 9.15 Å². The summed E-state index contributed by atoms with van der Waals surface area (Å²) in [4.78, 5) is 0. The first kappa shape index (κ1) is 14.2. The zero-order valence-electron chi connectivity index (χ0n) is 11.4. The van der Waals surface area contributed by atoms with Crippen LogP contribution in [0.4, 0.5) is 0 Å². The summed E-state index contributed by atoms with van der Waals surface area (Å²) in [6.07, 6.45) is -0.256. The Morgan fingerprint density at radius 1 is 1.21 bits per heavy atom. The average Bonchev–Trinajstić information content (AvgIpc) is 2.79. The fourth-order valence-electron chi connectivity index (χ4n) is 1.99. The molecule has 0 spiro atoms. The van der Waals surface area contributed by atoms with Gasteiger partial charge in [-0.15, -0.1) is 0 Å². The minimum Gasteiger partial charge on any atom is -0.481 e. The molecule has 0 amide bonds. The summed E-state index contributed by atoms with van der Waals surface area (Å²) in [7, 11) is 0. The molecule has 1 atom stereocenters. The first-order valence-electron chi connectivity index (χ1n) is 6.21. The Balaban J connectivity index is 2.23. The molecule has 0 fully saturated rings. The Morgan fingerprint density at radius 3 is 2.32 bits per heavy atom. The third-order valence-corrected chi connectivity index (χ3v) is 4.23. The number of benzene rings is 1. The summed E-state index contributed by atoms with van der Waals surface area (Å²) in [5, 5.41) is 0. The van der Waals surface area contributed by atoms with E-state index >= 15 is 0 Å². The number of furan rings is 1. The van der Waals surface area contributed by atoms with Crippen LogP contribution in [0.5, 0.6) is 5.75 Å². The van der Waals surface area contributed by atoms with Gasteiger partial charge in [-0.25, -0.2) is 0 Å². The predicted molar refractivity (Wildman–Crippen MR) is 79.5 cm³/mol. The van der Waals surface area contributed by atoms with Crippen LogP contribution in [-0.2, 0) is 0 Å². The Kier molecular flexibility index (Phi) is 4.32. The van der Waals surface area contributed by atoms with Crippen molar-refractivity contribution in [2.75, 3.05) is 6.54 Å². The van der Waals surface area contributed by atoms with Crippen LogP contribution in [0, 0.1) is 20.8 Å². The van der Waals surface area contributed by atoms with E-state index in [2.05, 4.69) is 15.9 Å². The highest BCUT2D eigenvalue weighted by molar-refractivity contribution is 9.10. The van der Waals surface area contributed by atoms with Gasteiger partial charge in [-0.05, 0) is 56.2 Å². The number of rotatable bonds is 4. The molecule has 0 bridgehead atoms. The fraction of sp³-hybridized carbons (Fsp3) is 0.333. The van der Waals surface area contributed by atoms with Crippen molar-refractivity contribution in [1.82, 2.24) is 0 Å². The quantitative estimate of drug-likeness (QED) is 0.923. The summed E-state index contributed by atoms with van der Waals surface area (Å²) >= 11 is 3.55. The van der Waals surface area contributed by atoms with Gasteiger partial charge in [0.1, 0.15) is 17.3 Å². The van der Waals surface area contributed by atoms with Crippen molar-refractivity contribution in [1.29, 1.82) is 0 Å². The lowest BCUT2D eigenvalue weighted by molar-refractivity contribution is 0.182. The second kappa shape index (κ2) is 5.80. The van der Waals surface area contributed by atoms with Crippen LogP contribution in [-0.4, -0.2) is 6.54 Å². The second-order valence-corrected chi connectivity index (χ2v) is 5.45. The molecule has 0 saturated carbocycles. The van der Waals surface area contributed by atoms with Gasteiger partial charge >= 0.3 is 0 Å². The third kappa shape index (κ3) is 3.19. The largest absolute Gasteiger partial charge is 0.481 e. The highest BCUT2D eigenvalue weighted by Gasteiger charge is 2.16. The third-order valence-electron chi connectivity index (χ3n) is 2.98. The molecule has 3 nitrogen and oxygen atoms in total. The fourth-order valence-corrected chi connectivity index (χ4v) is 2.22. The van der Waals surface area contributed by atoms with E-state index in [0.29, 0.717) is 6.54 Å². The molecule has 0 aliphatic heterocycles. The van der Waals surface area contributed by atoms with Crippen LogP contribution < -0.4 is 10.5 Å². The van der Waals surface area contributed by atoms with Gasteiger partial charge in [0.05, 0.1) is 0 Å². The number of halogens is 1. The van der Waals surface area contributed by atoms with Crippen LogP contribution in [0.3, 0.4) is 0 Å². The molecular weight excluding hydrogens is 306 g/mol. The zero-order valence-corrected chi connectivity index (χ0v) is 13.0. The van der Waals surface area contributed by atoms with E-state index in [-0.39, 0.29) is 6.10 Å². The summed E-state index contributed by atoms with van der Waals surface area (Å²) < 4.78 is 12.6. The smallest absolute Gasteiger partial charge is 0.168 e. The number of ether oxygens (including phenoxy) is 1. The minimum absolute atomic E-state index is 0.256. The molecule has 19 heavy (non-hydrogen) atoms. The van der Waals surface area contributed by atoms with E-state index in [9.17, 15) is 0 Å². The lowest BCUT2D eigenvalue weighted by atomic mass is 10.1. The minimum atomic E-state index is -0.256. The highest BCUT2D eigenvalue weighted by atomic mass is 79.9. The zero-order chi connectivity index (χ0) is 14.0.